The summed E-state index contributed by atoms with van der Waals surface area (Å²) in [6.07, 6.45) is 0. The Labute approximate surface area is 173 Å². The van der Waals surface area contributed by atoms with Crippen molar-refractivity contribution in [1.29, 1.82) is 5.26 Å². The van der Waals surface area contributed by atoms with Crippen molar-refractivity contribution < 1.29 is 9.18 Å². The molecule has 0 unspecified atom stereocenters. The third-order valence-corrected chi connectivity index (χ3v) is 6.20. The van der Waals surface area contributed by atoms with Crippen molar-refractivity contribution >= 4 is 17.2 Å². The van der Waals surface area contributed by atoms with E-state index < -0.39 is 0 Å². The van der Waals surface area contributed by atoms with Crippen LogP contribution in [0.25, 0.3) is 10.4 Å². The summed E-state index contributed by atoms with van der Waals surface area (Å²) in [6.45, 7) is 3.75. The van der Waals surface area contributed by atoms with Crippen LogP contribution in [-0.2, 0) is 6.54 Å². The van der Waals surface area contributed by atoms with E-state index in [2.05, 4.69) is 17.0 Å². The van der Waals surface area contributed by atoms with Gasteiger partial charge in [-0.15, -0.1) is 11.3 Å². The van der Waals surface area contributed by atoms with Gasteiger partial charge in [-0.1, -0.05) is 18.2 Å². The summed E-state index contributed by atoms with van der Waals surface area (Å²) in [4.78, 5) is 19.0. The predicted molar refractivity (Wildman–Crippen MR) is 112 cm³/mol. The number of rotatable bonds is 4. The maximum atomic E-state index is 14.0. The van der Waals surface area contributed by atoms with Crippen LogP contribution in [0, 0.1) is 17.1 Å². The van der Waals surface area contributed by atoms with Crippen LogP contribution in [0.5, 0.6) is 0 Å². The molecule has 3 aromatic rings. The van der Waals surface area contributed by atoms with Crippen LogP contribution in [0.1, 0.15) is 20.8 Å². The lowest BCUT2D eigenvalue weighted by molar-refractivity contribution is 0.0629. The average Bonchev–Trinajstić information content (AvgIpc) is 3.22. The van der Waals surface area contributed by atoms with Gasteiger partial charge in [0.25, 0.3) is 5.91 Å². The normalized spacial score (nSPS) is 14.6. The first-order chi connectivity index (χ1) is 14.1. The lowest BCUT2D eigenvalue weighted by Crippen LogP contribution is -2.48. The number of nitriles is 1. The van der Waals surface area contributed by atoms with Crippen molar-refractivity contribution in [2.45, 2.75) is 6.54 Å². The second-order valence-corrected chi connectivity index (χ2v) is 8.17. The third kappa shape index (κ3) is 4.37. The van der Waals surface area contributed by atoms with Gasteiger partial charge in [0.05, 0.1) is 11.6 Å². The van der Waals surface area contributed by atoms with Gasteiger partial charge in [0.1, 0.15) is 5.82 Å². The van der Waals surface area contributed by atoms with E-state index in [4.69, 9.17) is 5.26 Å². The quantitative estimate of drug-likeness (QED) is 0.647. The number of piperazine rings is 1. The Morgan fingerprint density at radius 1 is 1.00 bits per heavy atom. The number of nitrogens with zero attached hydrogens (tertiary/aromatic N) is 3. The van der Waals surface area contributed by atoms with E-state index in [1.807, 2.05) is 17.0 Å². The van der Waals surface area contributed by atoms with Crippen molar-refractivity contribution in [3.05, 3.63) is 82.5 Å². The largest absolute Gasteiger partial charge is 0.336 e. The van der Waals surface area contributed by atoms with Gasteiger partial charge < -0.3 is 4.90 Å². The molecule has 0 N–H and O–H groups in total. The van der Waals surface area contributed by atoms with E-state index in [0.717, 1.165) is 24.5 Å². The predicted octanol–water partition coefficient (Wildman–Crippen LogP) is 4.38. The molecule has 0 saturated carbocycles. The van der Waals surface area contributed by atoms with Crippen LogP contribution in [0.4, 0.5) is 4.39 Å². The number of halogens is 1. The first-order valence-electron chi connectivity index (χ1n) is 9.49. The maximum absolute atomic E-state index is 14.0. The van der Waals surface area contributed by atoms with Crippen LogP contribution in [0.3, 0.4) is 0 Å². The number of hydrogen-bond donors (Lipinski definition) is 0. The first kappa shape index (κ1) is 19.3. The lowest BCUT2D eigenvalue weighted by Gasteiger charge is -2.34. The smallest absolute Gasteiger partial charge is 0.253 e. The molecule has 1 aromatic heterocycles. The summed E-state index contributed by atoms with van der Waals surface area (Å²) in [5.74, 6) is -0.192. The van der Waals surface area contributed by atoms with E-state index in [0.29, 0.717) is 29.8 Å². The second kappa shape index (κ2) is 8.56. The minimum atomic E-state index is -0.198. The zero-order chi connectivity index (χ0) is 20.2. The van der Waals surface area contributed by atoms with Gasteiger partial charge in [0.2, 0.25) is 0 Å². The summed E-state index contributed by atoms with van der Waals surface area (Å²) in [7, 11) is 0. The molecule has 146 valence electrons. The Bertz CT molecular complexity index is 1050. The Morgan fingerprint density at radius 3 is 2.41 bits per heavy atom. The zero-order valence-corrected chi connectivity index (χ0v) is 16.7. The van der Waals surface area contributed by atoms with E-state index in [-0.39, 0.29) is 11.7 Å². The molecule has 6 heteroatoms. The van der Waals surface area contributed by atoms with E-state index >= 15 is 0 Å². The van der Waals surface area contributed by atoms with Crippen LogP contribution < -0.4 is 0 Å². The molecule has 1 amide bonds. The number of thiophene rings is 1. The minimum Gasteiger partial charge on any atom is -0.336 e. The summed E-state index contributed by atoms with van der Waals surface area (Å²) in [5.41, 5.74) is 1.81. The highest BCUT2D eigenvalue weighted by Gasteiger charge is 2.22. The van der Waals surface area contributed by atoms with Crippen LogP contribution in [-0.4, -0.2) is 41.9 Å². The summed E-state index contributed by atoms with van der Waals surface area (Å²) < 4.78 is 14.0. The van der Waals surface area contributed by atoms with Crippen molar-refractivity contribution in [2.24, 2.45) is 0 Å². The molecule has 4 rings (SSSR count). The first-order valence-corrected chi connectivity index (χ1v) is 10.3. The standard InChI is InChI=1S/C23H20FN3OS/c24-21-4-2-1-3-20(21)22-10-9-19(29-22)16-26-11-13-27(14-12-26)23(28)18-7-5-17(15-25)6-8-18/h1-10H,11-14,16H2. The van der Waals surface area contributed by atoms with Gasteiger partial charge in [0, 0.05) is 53.6 Å². The summed E-state index contributed by atoms with van der Waals surface area (Å²) in [5, 5.41) is 8.88. The third-order valence-electron chi connectivity index (χ3n) is 5.10. The molecular formula is C23H20FN3OS. The molecule has 29 heavy (non-hydrogen) atoms. The minimum absolute atomic E-state index is 0.00658. The molecule has 0 spiro atoms. The number of amides is 1. The Hall–Kier alpha value is -3.01. The number of hydrogen-bond acceptors (Lipinski definition) is 4. The highest BCUT2D eigenvalue weighted by atomic mass is 32.1. The Kier molecular flexibility index (Phi) is 5.70. The monoisotopic (exact) mass is 405 g/mol. The fourth-order valence-corrected chi connectivity index (χ4v) is 4.55. The summed E-state index contributed by atoms with van der Waals surface area (Å²) in [6, 6.07) is 19.7. The molecule has 0 radical (unpaired) electrons. The van der Waals surface area contributed by atoms with Crippen molar-refractivity contribution in [3.63, 3.8) is 0 Å². The van der Waals surface area contributed by atoms with E-state index in [9.17, 15) is 9.18 Å². The van der Waals surface area contributed by atoms with Gasteiger partial charge in [0.15, 0.2) is 0 Å². The molecule has 2 aromatic carbocycles. The van der Waals surface area contributed by atoms with E-state index in [1.165, 1.54) is 10.9 Å². The molecule has 0 bridgehead atoms. The molecule has 2 heterocycles. The zero-order valence-electron chi connectivity index (χ0n) is 15.8. The average molecular weight is 405 g/mol. The molecule has 1 saturated heterocycles. The van der Waals surface area contributed by atoms with Crippen molar-refractivity contribution in [1.82, 2.24) is 9.80 Å². The summed E-state index contributed by atoms with van der Waals surface area (Å²) >= 11 is 1.61. The molecule has 4 nitrogen and oxygen atoms in total. The molecule has 1 aliphatic heterocycles. The SMILES string of the molecule is N#Cc1ccc(C(=O)N2CCN(Cc3ccc(-c4ccccc4F)s3)CC2)cc1. The Balaban J connectivity index is 1.34. The fourth-order valence-electron chi connectivity index (χ4n) is 3.47. The topological polar surface area (TPSA) is 47.3 Å². The number of carbonyl (C=O) groups is 1. The van der Waals surface area contributed by atoms with Gasteiger partial charge in [-0.05, 0) is 42.5 Å². The molecule has 1 fully saturated rings. The fraction of sp³-hybridized carbons (Fsp3) is 0.217. The Morgan fingerprint density at radius 2 is 1.72 bits per heavy atom. The van der Waals surface area contributed by atoms with Crippen LogP contribution >= 0.6 is 11.3 Å². The lowest BCUT2D eigenvalue weighted by atomic mass is 10.1. The number of benzene rings is 2. The van der Waals surface area contributed by atoms with E-state index in [1.54, 1.807) is 47.7 Å². The van der Waals surface area contributed by atoms with Crippen LogP contribution in [0.2, 0.25) is 0 Å². The molecule has 0 aliphatic carbocycles. The highest BCUT2D eigenvalue weighted by Crippen LogP contribution is 2.30. The van der Waals surface area contributed by atoms with Crippen LogP contribution in [0.15, 0.2) is 60.7 Å². The van der Waals surface area contributed by atoms with Crippen molar-refractivity contribution in [3.8, 4) is 16.5 Å². The molecule has 0 atom stereocenters. The van der Waals surface area contributed by atoms with Gasteiger partial charge in [-0.2, -0.15) is 5.26 Å². The van der Waals surface area contributed by atoms with Gasteiger partial charge >= 0.3 is 0 Å². The molecule has 1 aliphatic rings. The van der Waals surface area contributed by atoms with Gasteiger partial charge in [-0.25, -0.2) is 4.39 Å². The number of carbonyl (C=O) groups excluding carboxylic acids is 1. The van der Waals surface area contributed by atoms with Crippen molar-refractivity contribution in [2.75, 3.05) is 26.2 Å². The van der Waals surface area contributed by atoms with Gasteiger partial charge in [-0.3, -0.25) is 9.69 Å². The second-order valence-electron chi connectivity index (χ2n) is 7.00. The highest BCUT2D eigenvalue weighted by molar-refractivity contribution is 7.15. The molecular weight excluding hydrogens is 385 g/mol. The maximum Gasteiger partial charge on any atom is 0.253 e.